The summed E-state index contributed by atoms with van der Waals surface area (Å²) in [6.45, 7) is 1.13. The molecule has 1 aromatic rings. The van der Waals surface area contributed by atoms with E-state index >= 15 is 0 Å². The molecule has 1 aromatic carbocycles. The Bertz CT molecular complexity index is 554. The highest BCUT2D eigenvalue weighted by molar-refractivity contribution is 6.01. The van der Waals surface area contributed by atoms with Gasteiger partial charge in [0.2, 0.25) is 11.8 Å². The summed E-state index contributed by atoms with van der Waals surface area (Å²) in [7, 11) is 4.91. The Hall–Kier alpha value is -2.28. The Labute approximate surface area is 135 Å². The second-order valence-electron chi connectivity index (χ2n) is 5.32. The van der Waals surface area contributed by atoms with E-state index in [4.69, 9.17) is 9.47 Å². The molecule has 126 valence electrons. The molecular weight excluding hydrogens is 298 g/mol. The van der Waals surface area contributed by atoms with E-state index in [1.807, 2.05) is 0 Å². The fourth-order valence-electron chi connectivity index (χ4n) is 2.52. The van der Waals surface area contributed by atoms with Crippen LogP contribution in [0.5, 0.6) is 11.5 Å². The lowest BCUT2D eigenvalue weighted by atomic mass is 10.2. The first-order valence-electron chi connectivity index (χ1n) is 7.57. The van der Waals surface area contributed by atoms with Crippen LogP contribution in [0.4, 0.5) is 5.69 Å². The normalized spacial score (nSPS) is 17.3. The first kappa shape index (κ1) is 17.1. The summed E-state index contributed by atoms with van der Waals surface area (Å²) in [5.74, 6) is 1.00. The van der Waals surface area contributed by atoms with Crippen LogP contribution in [-0.4, -0.2) is 52.2 Å². The summed E-state index contributed by atoms with van der Waals surface area (Å²) in [6.07, 6.45) is 0.941. The van der Waals surface area contributed by atoms with Gasteiger partial charge in [-0.05, 0) is 13.5 Å². The Morgan fingerprint density at radius 3 is 2.48 bits per heavy atom. The SMILES string of the molecule is CNCCC(=O)NC1CCN(c2cc(OC)cc(OC)c2)C1=O. The zero-order chi connectivity index (χ0) is 16.8. The molecule has 0 radical (unpaired) electrons. The quantitative estimate of drug-likeness (QED) is 0.766. The van der Waals surface area contributed by atoms with Crippen molar-refractivity contribution in [3.8, 4) is 11.5 Å². The van der Waals surface area contributed by atoms with Gasteiger partial charge in [0.15, 0.2) is 0 Å². The van der Waals surface area contributed by atoms with Crippen molar-refractivity contribution in [3.63, 3.8) is 0 Å². The van der Waals surface area contributed by atoms with Crippen LogP contribution >= 0.6 is 0 Å². The molecule has 1 fully saturated rings. The molecule has 1 aliphatic heterocycles. The Kier molecular flexibility index (Phi) is 5.81. The van der Waals surface area contributed by atoms with Crippen molar-refractivity contribution in [2.24, 2.45) is 0 Å². The molecule has 0 bridgehead atoms. The average molecular weight is 321 g/mol. The predicted molar refractivity (Wildman–Crippen MR) is 87.0 cm³/mol. The molecule has 1 heterocycles. The van der Waals surface area contributed by atoms with E-state index in [0.29, 0.717) is 43.1 Å². The number of rotatable bonds is 7. The van der Waals surface area contributed by atoms with Crippen molar-refractivity contribution in [2.45, 2.75) is 18.9 Å². The van der Waals surface area contributed by atoms with Crippen molar-refractivity contribution in [1.82, 2.24) is 10.6 Å². The molecule has 1 unspecified atom stereocenters. The summed E-state index contributed by atoms with van der Waals surface area (Å²) < 4.78 is 10.5. The lowest BCUT2D eigenvalue weighted by Gasteiger charge is -2.19. The molecule has 0 aromatic heterocycles. The fraction of sp³-hybridized carbons (Fsp3) is 0.500. The van der Waals surface area contributed by atoms with Crippen LogP contribution in [0, 0.1) is 0 Å². The van der Waals surface area contributed by atoms with E-state index in [9.17, 15) is 9.59 Å². The van der Waals surface area contributed by atoms with Gasteiger partial charge in [-0.25, -0.2) is 0 Å². The van der Waals surface area contributed by atoms with Gasteiger partial charge in [-0.1, -0.05) is 0 Å². The minimum atomic E-state index is -0.475. The highest BCUT2D eigenvalue weighted by atomic mass is 16.5. The predicted octanol–water partition coefficient (Wildman–Crippen LogP) is 0.535. The zero-order valence-electron chi connectivity index (χ0n) is 13.7. The number of anilines is 1. The van der Waals surface area contributed by atoms with E-state index in [0.717, 1.165) is 0 Å². The number of amides is 2. The maximum atomic E-state index is 12.5. The highest BCUT2D eigenvalue weighted by Crippen LogP contribution is 2.30. The Morgan fingerprint density at radius 1 is 1.26 bits per heavy atom. The van der Waals surface area contributed by atoms with Crippen LogP contribution in [0.2, 0.25) is 0 Å². The molecule has 7 heteroatoms. The van der Waals surface area contributed by atoms with Gasteiger partial charge in [-0.15, -0.1) is 0 Å². The Balaban J connectivity index is 2.08. The lowest BCUT2D eigenvalue weighted by Crippen LogP contribution is -2.42. The van der Waals surface area contributed by atoms with Crippen LogP contribution < -0.4 is 25.0 Å². The van der Waals surface area contributed by atoms with Gasteiger partial charge in [-0.3, -0.25) is 9.59 Å². The number of hydrogen-bond acceptors (Lipinski definition) is 5. The van der Waals surface area contributed by atoms with Gasteiger partial charge >= 0.3 is 0 Å². The molecule has 0 aliphatic carbocycles. The van der Waals surface area contributed by atoms with Gasteiger partial charge in [0.1, 0.15) is 17.5 Å². The number of ether oxygens (including phenoxy) is 2. The first-order valence-corrected chi connectivity index (χ1v) is 7.57. The van der Waals surface area contributed by atoms with Gasteiger partial charge in [0.25, 0.3) is 0 Å². The van der Waals surface area contributed by atoms with Crippen LogP contribution in [-0.2, 0) is 9.59 Å². The molecule has 2 N–H and O–H groups in total. The van der Waals surface area contributed by atoms with Crippen molar-refractivity contribution >= 4 is 17.5 Å². The van der Waals surface area contributed by atoms with Gasteiger partial charge in [0.05, 0.1) is 19.9 Å². The highest BCUT2D eigenvalue weighted by Gasteiger charge is 2.33. The Morgan fingerprint density at radius 2 is 1.91 bits per heavy atom. The maximum absolute atomic E-state index is 12.5. The summed E-state index contributed by atoms with van der Waals surface area (Å²) >= 11 is 0. The first-order chi connectivity index (χ1) is 11.1. The third kappa shape index (κ3) is 4.13. The monoisotopic (exact) mass is 321 g/mol. The molecule has 0 spiro atoms. The minimum absolute atomic E-state index is 0.113. The van der Waals surface area contributed by atoms with E-state index < -0.39 is 6.04 Å². The molecule has 0 saturated carbocycles. The third-order valence-electron chi connectivity index (χ3n) is 3.79. The van der Waals surface area contributed by atoms with E-state index in [1.54, 1.807) is 44.4 Å². The van der Waals surface area contributed by atoms with E-state index in [-0.39, 0.29) is 11.8 Å². The summed E-state index contributed by atoms with van der Waals surface area (Å²) in [5.41, 5.74) is 0.707. The number of carbonyl (C=O) groups excluding carboxylic acids is 2. The summed E-state index contributed by atoms with van der Waals surface area (Å²) in [4.78, 5) is 26.0. The number of carbonyl (C=O) groups is 2. The third-order valence-corrected chi connectivity index (χ3v) is 3.79. The van der Waals surface area contributed by atoms with Crippen LogP contribution in [0.25, 0.3) is 0 Å². The van der Waals surface area contributed by atoms with Crippen molar-refractivity contribution in [3.05, 3.63) is 18.2 Å². The smallest absolute Gasteiger partial charge is 0.249 e. The second-order valence-corrected chi connectivity index (χ2v) is 5.32. The molecule has 23 heavy (non-hydrogen) atoms. The largest absolute Gasteiger partial charge is 0.497 e. The molecular formula is C16H23N3O4. The molecule has 2 rings (SSSR count). The fourth-order valence-corrected chi connectivity index (χ4v) is 2.52. The average Bonchev–Trinajstić information content (AvgIpc) is 2.93. The molecule has 1 atom stereocenters. The number of hydrogen-bond donors (Lipinski definition) is 2. The molecule has 7 nitrogen and oxygen atoms in total. The maximum Gasteiger partial charge on any atom is 0.249 e. The summed E-state index contributed by atoms with van der Waals surface area (Å²) in [5, 5.41) is 5.70. The standard InChI is InChI=1S/C16H23N3O4/c1-17-6-4-15(20)18-14-5-7-19(16(14)21)11-8-12(22-2)10-13(9-11)23-3/h8-10,14,17H,4-7H2,1-3H3,(H,18,20). The molecule has 2 amide bonds. The van der Waals surface area contributed by atoms with E-state index in [1.165, 1.54) is 0 Å². The molecule has 1 aliphatic rings. The summed E-state index contributed by atoms with van der Waals surface area (Å²) in [6, 6.07) is 4.84. The van der Waals surface area contributed by atoms with Crippen LogP contribution in [0.15, 0.2) is 18.2 Å². The lowest BCUT2D eigenvalue weighted by molar-refractivity contribution is -0.126. The van der Waals surface area contributed by atoms with Gasteiger partial charge < -0.3 is 25.0 Å². The van der Waals surface area contributed by atoms with Crippen LogP contribution in [0.3, 0.4) is 0 Å². The van der Waals surface area contributed by atoms with E-state index in [2.05, 4.69) is 10.6 Å². The number of benzene rings is 1. The molecule has 1 saturated heterocycles. The van der Waals surface area contributed by atoms with Gasteiger partial charge in [-0.2, -0.15) is 0 Å². The van der Waals surface area contributed by atoms with Crippen LogP contribution in [0.1, 0.15) is 12.8 Å². The van der Waals surface area contributed by atoms with Crippen molar-refractivity contribution < 1.29 is 19.1 Å². The topological polar surface area (TPSA) is 79.9 Å². The number of nitrogens with zero attached hydrogens (tertiary/aromatic N) is 1. The van der Waals surface area contributed by atoms with Crippen molar-refractivity contribution in [2.75, 3.05) is 39.3 Å². The number of nitrogens with one attached hydrogen (secondary N) is 2. The second kappa shape index (κ2) is 7.82. The minimum Gasteiger partial charge on any atom is -0.497 e. The van der Waals surface area contributed by atoms with Gasteiger partial charge in [0, 0.05) is 37.7 Å². The number of methoxy groups -OCH3 is 2. The van der Waals surface area contributed by atoms with Crippen molar-refractivity contribution in [1.29, 1.82) is 0 Å². The zero-order valence-corrected chi connectivity index (χ0v) is 13.7.